The first-order chi connectivity index (χ1) is 10.2. The van der Waals surface area contributed by atoms with Gasteiger partial charge in [0.1, 0.15) is 5.41 Å². The number of nitriles is 1. The molecule has 0 N–H and O–H groups in total. The standard InChI is InChI=1S/C17H27N3O/c18-14-17(8-4-1-5-9-17)16(21)20-12-10-19(11-13-20)15-6-2-3-7-15/h15H,1-13H2. The van der Waals surface area contributed by atoms with Crippen LogP contribution in [0, 0.1) is 16.7 Å². The molecule has 1 saturated heterocycles. The van der Waals surface area contributed by atoms with E-state index in [9.17, 15) is 10.1 Å². The molecule has 3 fully saturated rings. The molecule has 4 nitrogen and oxygen atoms in total. The SMILES string of the molecule is N#CC1(C(=O)N2CCN(C3CCCC3)CC2)CCCCC1. The van der Waals surface area contributed by atoms with Crippen molar-refractivity contribution in [2.24, 2.45) is 5.41 Å². The second-order valence-electron chi connectivity index (χ2n) is 7.02. The zero-order valence-electron chi connectivity index (χ0n) is 13.0. The summed E-state index contributed by atoms with van der Waals surface area (Å²) >= 11 is 0. The highest BCUT2D eigenvalue weighted by atomic mass is 16.2. The van der Waals surface area contributed by atoms with E-state index in [0.717, 1.165) is 57.9 Å². The number of piperazine rings is 1. The number of nitrogens with zero attached hydrogens (tertiary/aromatic N) is 3. The Bertz CT molecular complexity index is 408. The molecule has 0 aromatic rings. The number of rotatable bonds is 2. The zero-order valence-corrected chi connectivity index (χ0v) is 13.0. The van der Waals surface area contributed by atoms with E-state index >= 15 is 0 Å². The molecule has 1 amide bonds. The zero-order chi connectivity index (χ0) is 14.7. The van der Waals surface area contributed by atoms with Gasteiger partial charge in [0.2, 0.25) is 5.91 Å². The van der Waals surface area contributed by atoms with Crippen LogP contribution in [0.5, 0.6) is 0 Å². The van der Waals surface area contributed by atoms with Gasteiger partial charge in [-0.3, -0.25) is 9.69 Å². The third-order valence-corrected chi connectivity index (χ3v) is 5.77. The van der Waals surface area contributed by atoms with Crippen molar-refractivity contribution in [3.63, 3.8) is 0 Å². The molecule has 1 heterocycles. The van der Waals surface area contributed by atoms with E-state index in [1.54, 1.807) is 0 Å². The van der Waals surface area contributed by atoms with Crippen LogP contribution < -0.4 is 0 Å². The van der Waals surface area contributed by atoms with Gasteiger partial charge in [0.25, 0.3) is 0 Å². The Morgan fingerprint density at radius 3 is 2.14 bits per heavy atom. The summed E-state index contributed by atoms with van der Waals surface area (Å²) < 4.78 is 0. The minimum absolute atomic E-state index is 0.121. The van der Waals surface area contributed by atoms with Crippen LogP contribution in [-0.4, -0.2) is 47.9 Å². The molecule has 116 valence electrons. The quantitative estimate of drug-likeness (QED) is 0.785. The maximum absolute atomic E-state index is 12.8. The average Bonchev–Trinajstić information content (AvgIpc) is 3.09. The van der Waals surface area contributed by atoms with Crippen LogP contribution in [0.1, 0.15) is 57.8 Å². The lowest BCUT2D eigenvalue weighted by molar-refractivity contribution is -0.142. The fourth-order valence-corrected chi connectivity index (χ4v) is 4.39. The summed E-state index contributed by atoms with van der Waals surface area (Å²) in [6.45, 7) is 3.63. The van der Waals surface area contributed by atoms with Crippen LogP contribution in [0.2, 0.25) is 0 Å². The molecule has 0 aromatic carbocycles. The molecule has 1 aliphatic heterocycles. The summed E-state index contributed by atoms with van der Waals surface area (Å²) in [6.07, 6.45) is 10.2. The molecule has 2 aliphatic carbocycles. The van der Waals surface area contributed by atoms with Crippen LogP contribution in [-0.2, 0) is 4.79 Å². The summed E-state index contributed by atoms with van der Waals surface area (Å²) in [6, 6.07) is 3.13. The molecule has 0 radical (unpaired) electrons. The third-order valence-electron chi connectivity index (χ3n) is 5.77. The van der Waals surface area contributed by atoms with Crippen LogP contribution in [0.3, 0.4) is 0 Å². The van der Waals surface area contributed by atoms with Crippen molar-refractivity contribution >= 4 is 5.91 Å². The molecule has 0 spiro atoms. The molecule has 2 saturated carbocycles. The number of carbonyl (C=O) groups is 1. The Hall–Kier alpha value is -1.08. The number of amides is 1. The summed E-state index contributed by atoms with van der Waals surface area (Å²) in [5.74, 6) is 0.121. The number of carbonyl (C=O) groups excluding carboxylic acids is 1. The van der Waals surface area contributed by atoms with Gasteiger partial charge >= 0.3 is 0 Å². The molecule has 0 bridgehead atoms. The van der Waals surface area contributed by atoms with Crippen molar-refractivity contribution in [2.45, 2.75) is 63.8 Å². The van der Waals surface area contributed by atoms with Gasteiger partial charge in [0.15, 0.2) is 0 Å². The Kier molecular flexibility index (Phi) is 4.49. The highest BCUT2D eigenvalue weighted by Crippen LogP contribution is 2.37. The van der Waals surface area contributed by atoms with Crippen molar-refractivity contribution in [3.8, 4) is 6.07 Å². The second kappa shape index (κ2) is 6.36. The third kappa shape index (κ3) is 2.94. The summed E-state index contributed by atoms with van der Waals surface area (Å²) in [5.41, 5.74) is -0.701. The van der Waals surface area contributed by atoms with Crippen molar-refractivity contribution in [2.75, 3.05) is 26.2 Å². The first-order valence-electron chi connectivity index (χ1n) is 8.70. The van der Waals surface area contributed by atoms with Gasteiger partial charge in [-0.05, 0) is 25.7 Å². The topological polar surface area (TPSA) is 47.3 Å². The van der Waals surface area contributed by atoms with Crippen LogP contribution >= 0.6 is 0 Å². The predicted octanol–water partition coefficient (Wildman–Crippen LogP) is 2.55. The van der Waals surface area contributed by atoms with Gasteiger partial charge in [0.05, 0.1) is 6.07 Å². The van der Waals surface area contributed by atoms with E-state index in [-0.39, 0.29) is 5.91 Å². The van der Waals surface area contributed by atoms with Crippen LogP contribution in [0.25, 0.3) is 0 Å². The van der Waals surface area contributed by atoms with E-state index in [4.69, 9.17) is 0 Å². The maximum Gasteiger partial charge on any atom is 0.243 e. The largest absolute Gasteiger partial charge is 0.339 e. The lowest BCUT2D eigenvalue weighted by Crippen LogP contribution is -2.55. The monoisotopic (exact) mass is 289 g/mol. The molecule has 21 heavy (non-hydrogen) atoms. The Balaban J connectivity index is 1.58. The Morgan fingerprint density at radius 1 is 0.952 bits per heavy atom. The van der Waals surface area contributed by atoms with E-state index in [2.05, 4.69) is 11.0 Å². The summed E-state index contributed by atoms with van der Waals surface area (Å²) in [7, 11) is 0. The van der Waals surface area contributed by atoms with E-state index in [0.29, 0.717) is 0 Å². The molecule has 0 aromatic heterocycles. The fraction of sp³-hybridized carbons (Fsp3) is 0.882. The van der Waals surface area contributed by atoms with E-state index < -0.39 is 5.41 Å². The lowest BCUT2D eigenvalue weighted by atomic mass is 9.74. The molecular formula is C17H27N3O. The predicted molar refractivity (Wildman–Crippen MR) is 81.5 cm³/mol. The van der Waals surface area contributed by atoms with E-state index in [1.807, 2.05) is 4.90 Å². The number of hydrogen-bond donors (Lipinski definition) is 0. The van der Waals surface area contributed by atoms with Crippen LogP contribution in [0.15, 0.2) is 0 Å². The highest BCUT2D eigenvalue weighted by Gasteiger charge is 2.43. The van der Waals surface area contributed by atoms with Gasteiger partial charge < -0.3 is 4.90 Å². The van der Waals surface area contributed by atoms with Crippen molar-refractivity contribution in [3.05, 3.63) is 0 Å². The average molecular weight is 289 g/mol. The molecular weight excluding hydrogens is 262 g/mol. The number of hydrogen-bond acceptors (Lipinski definition) is 3. The first kappa shape index (κ1) is 14.8. The molecule has 4 heteroatoms. The van der Waals surface area contributed by atoms with Crippen LogP contribution in [0.4, 0.5) is 0 Å². The van der Waals surface area contributed by atoms with E-state index in [1.165, 1.54) is 32.1 Å². The smallest absolute Gasteiger partial charge is 0.243 e. The second-order valence-corrected chi connectivity index (χ2v) is 7.02. The van der Waals surface area contributed by atoms with Gasteiger partial charge in [-0.15, -0.1) is 0 Å². The minimum Gasteiger partial charge on any atom is -0.339 e. The van der Waals surface area contributed by atoms with Crippen molar-refractivity contribution in [1.29, 1.82) is 5.26 Å². The Morgan fingerprint density at radius 2 is 1.57 bits per heavy atom. The van der Waals surface area contributed by atoms with Crippen molar-refractivity contribution < 1.29 is 4.79 Å². The van der Waals surface area contributed by atoms with Gasteiger partial charge in [-0.1, -0.05) is 32.1 Å². The maximum atomic E-state index is 12.8. The van der Waals surface area contributed by atoms with Gasteiger partial charge in [0, 0.05) is 32.2 Å². The molecule has 0 unspecified atom stereocenters. The fourth-order valence-electron chi connectivity index (χ4n) is 4.39. The highest BCUT2D eigenvalue weighted by molar-refractivity contribution is 5.85. The van der Waals surface area contributed by atoms with Gasteiger partial charge in [-0.2, -0.15) is 5.26 Å². The normalized spacial score (nSPS) is 27.5. The minimum atomic E-state index is -0.701. The van der Waals surface area contributed by atoms with Crippen molar-refractivity contribution in [1.82, 2.24) is 9.80 Å². The molecule has 3 aliphatic rings. The summed E-state index contributed by atoms with van der Waals surface area (Å²) in [4.78, 5) is 17.4. The molecule has 3 rings (SSSR count). The first-order valence-corrected chi connectivity index (χ1v) is 8.70. The molecule has 0 atom stereocenters. The summed E-state index contributed by atoms with van der Waals surface area (Å²) in [5, 5.41) is 9.56. The Labute approximate surface area is 128 Å². The lowest BCUT2D eigenvalue weighted by Gasteiger charge is -2.41. The van der Waals surface area contributed by atoms with Gasteiger partial charge in [-0.25, -0.2) is 0 Å².